The quantitative estimate of drug-likeness (QED) is 0.681. The summed E-state index contributed by atoms with van der Waals surface area (Å²) in [6, 6.07) is 0. The summed E-state index contributed by atoms with van der Waals surface area (Å²) in [5.41, 5.74) is -1.26. The Labute approximate surface area is 73.0 Å². The van der Waals surface area contributed by atoms with Crippen molar-refractivity contribution in [2.24, 2.45) is 0 Å². The molecular weight excluding hydrogens is 160 g/mol. The predicted octanol–water partition coefficient (Wildman–Crippen LogP) is 1.26. The Balaban J connectivity index is 3.44. The summed E-state index contributed by atoms with van der Waals surface area (Å²) in [7, 11) is 0. The maximum absolute atomic E-state index is 9.31. The summed E-state index contributed by atoms with van der Waals surface area (Å²) in [5, 5.41) is 18.6. The van der Waals surface area contributed by atoms with Crippen LogP contribution in [0.25, 0.3) is 0 Å². The minimum atomic E-state index is -0.629. The highest BCUT2D eigenvalue weighted by Gasteiger charge is 2.16. The third kappa shape index (κ3) is 10.3. The first-order valence-electron chi connectivity index (χ1n) is 3.73. The fraction of sp³-hybridized carbons (Fsp3) is 1.00. The summed E-state index contributed by atoms with van der Waals surface area (Å²) in [5.74, 6) is 1.33. The Bertz CT molecular complexity index is 96.2. The highest BCUT2D eigenvalue weighted by Crippen LogP contribution is 2.17. The van der Waals surface area contributed by atoms with E-state index in [9.17, 15) is 10.2 Å². The summed E-state index contributed by atoms with van der Waals surface area (Å²) in [6.07, 6.45) is 0. The third-order valence-electron chi connectivity index (χ3n) is 0.911. The zero-order chi connectivity index (χ0) is 9.12. The molecule has 0 aromatic carbocycles. The monoisotopic (exact) mass is 178 g/mol. The molecule has 0 bridgehead atoms. The molecule has 68 valence electrons. The van der Waals surface area contributed by atoms with E-state index in [1.807, 2.05) is 0 Å². The van der Waals surface area contributed by atoms with Gasteiger partial charge in [-0.1, -0.05) is 0 Å². The normalized spacial score (nSPS) is 13.6. The first kappa shape index (κ1) is 11.3. The topological polar surface area (TPSA) is 40.5 Å². The van der Waals surface area contributed by atoms with Gasteiger partial charge in [0.25, 0.3) is 0 Å². The van der Waals surface area contributed by atoms with Crippen LogP contribution in [0.5, 0.6) is 0 Å². The lowest BCUT2D eigenvalue weighted by atomic mass is 10.2. The van der Waals surface area contributed by atoms with E-state index in [0.717, 1.165) is 0 Å². The van der Waals surface area contributed by atoms with E-state index in [-0.39, 0.29) is 0 Å². The van der Waals surface area contributed by atoms with Gasteiger partial charge in [0, 0.05) is 11.5 Å². The van der Waals surface area contributed by atoms with Gasteiger partial charge in [0.05, 0.1) is 11.2 Å². The first-order valence-corrected chi connectivity index (χ1v) is 4.89. The molecule has 3 heteroatoms. The van der Waals surface area contributed by atoms with Crippen LogP contribution in [0.2, 0.25) is 0 Å². The molecule has 0 saturated heterocycles. The Morgan fingerprint density at radius 1 is 0.909 bits per heavy atom. The lowest BCUT2D eigenvalue weighted by Crippen LogP contribution is -2.26. The maximum atomic E-state index is 9.31. The minimum Gasteiger partial charge on any atom is -0.390 e. The molecule has 0 aliphatic heterocycles. The third-order valence-corrected chi connectivity index (χ3v) is 2.73. The minimum absolute atomic E-state index is 0.629. The van der Waals surface area contributed by atoms with Gasteiger partial charge in [-0.3, -0.25) is 0 Å². The number of thioether (sulfide) groups is 1. The second-order valence-electron chi connectivity index (χ2n) is 4.12. The Hall–Kier alpha value is 0.270. The Kier molecular flexibility index (Phi) is 3.88. The molecule has 11 heavy (non-hydrogen) atoms. The van der Waals surface area contributed by atoms with Gasteiger partial charge in [-0.2, -0.15) is 11.8 Å². The van der Waals surface area contributed by atoms with Crippen molar-refractivity contribution in [2.45, 2.75) is 38.9 Å². The van der Waals surface area contributed by atoms with E-state index < -0.39 is 11.2 Å². The van der Waals surface area contributed by atoms with Crippen molar-refractivity contribution in [1.29, 1.82) is 0 Å². The largest absolute Gasteiger partial charge is 0.390 e. The van der Waals surface area contributed by atoms with Crippen LogP contribution in [0.15, 0.2) is 0 Å². The fourth-order valence-corrected chi connectivity index (χ4v) is 1.65. The molecule has 0 amide bonds. The number of hydrogen-bond acceptors (Lipinski definition) is 3. The van der Waals surface area contributed by atoms with Crippen LogP contribution in [0, 0.1) is 0 Å². The summed E-state index contributed by atoms with van der Waals surface area (Å²) >= 11 is 1.57. The fourth-order valence-electron chi connectivity index (χ4n) is 0.551. The van der Waals surface area contributed by atoms with E-state index in [2.05, 4.69) is 0 Å². The van der Waals surface area contributed by atoms with Gasteiger partial charge in [0.1, 0.15) is 0 Å². The van der Waals surface area contributed by atoms with Gasteiger partial charge < -0.3 is 10.2 Å². The molecule has 0 saturated carbocycles. The van der Waals surface area contributed by atoms with Crippen molar-refractivity contribution < 1.29 is 10.2 Å². The zero-order valence-electron chi connectivity index (χ0n) is 7.72. The number of rotatable bonds is 4. The second-order valence-corrected chi connectivity index (χ2v) is 5.10. The molecule has 0 heterocycles. The van der Waals surface area contributed by atoms with E-state index in [1.54, 1.807) is 39.5 Å². The molecule has 2 N–H and O–H groups in total. The van der Waals surface area contributed by atoms with Crippen molar-refractivity contribution in [1.82, 2.24) is 0 Å². The smallest absolute Gasteiger partial charge is 0.0681 e. The van der Waals surface area contributed by atoms with Gasteiger partial charge in [-0.15, -0.1) is 0 Å². The Morgan fingerprint density at radius 2 is 1.18 bits per heavy atom. The SMILES string of the molecule is CC(C)(O)CSCC(C)(C)O. The van der Waals surface area contributed by atoms with Crippen molar-refractivity contribution in [3.05, 3.63) is 0 Å². The summed E-state index contributed by atoms with van der Waals surface area (Å²) in [6.45, 7) is 7.07. The van der Waals surface area contributed by atoms with Crippen LogP contribution in [0.4, 0.5) is 0 Å². The van der Waals surface area contributed by atoms with Crippen LogP contribution in [0.1, 0.15) is 27.7 Å². The van der Waals surface area contributed by atoms with E-state index in [4.69, 9.17) is 0 Å². The predicted molar refractivity (Wildman–Crippen MR) is 49.9 cm³/mol. The second kappa shape index (κ2) is 3.78. The Morgan fingerprint density at radius 3 is 1.36 bits per heavy atom. The molecular formula is C8H18O2S. The maximum Gasteiger partial charge on any atom is 0.0681 e. The van der Waals surface area contributed by atoms with Crippen molar-refractivity contribution in [3.63, 3.8) is 0 Å². The van der Waals surface area contributed by atoms with Crippen LogP contribution in [0.3, 0.4) is 0 Å². The van der Waals surface area contributed by atoms with Gasteiger partial charge in [0.15, 0.2) is 0 Å². The molecule has 0 spiro atoms. The van der Waals surface area contributed by atoms with Crippen molar-refractivity contribution in [2.75, 3.05) is 11.5 Å². The summed E-state index contributed by atoms with van der Waals surface area (Å²) < 4.78 is 0. The molecule has 0 aliphatic rings. The summed E-state index contributed by atoms with van der Waals surface area (Å²) in [4.78, 5) is 0. The van der Waals surface area contributed by atoms with Gasteiger partial charge >= 0.3 is 0 Å². The highest BCUT2D eigenvalue weighted by atomic mass is 32.2. The van der Waals surface area contributed by atoms with E-state index >= 15 is 0 Å². The van der Waals surface area contributed by atoms with Crippen LogP contribution in [-0.4, -0.2) is 32.9 Å². The molecule has 0 atom stereocenters. The van der Waals surface area contributed by atoms with Crippen LogP contribution >= 0.6 is 11.8 Å². The van der Waals surface area contributed by atoms with Crippen LogP contribution < -0.4 is 0 Å². The standard InChI is InChI=1S/C8H18O2S/c1-7(2,9)5-11-6-8(3,4)10/h9-10H,5-6H2,1-4H3. The first-order chi connectivity index (χ1) is 4.71. The number of aliphatic hydroxyl groups is 2. The molecule has 0 radical (unpaired) electrons. The molecule has 0 aromatic rings. The average molecular weight is 178 g/mol. The molecule has 0 fully saturated rings. The van der Waals surface area contributed by atoms with E-state index in [0.29, 0.717) is 11.5 Å². The average Bonchev–Trinajstić information content (AvgIpc) is 1.55. The lowest BCUT2D eigenvalue weighted by molar-refractivity contribution is 0.101. The molecule has 2 nitrogen and oxygen atoms in total. The van der Waals surface area contributed by atoms with Crippen molar-refractivity contribution >= 4 is 11.8 Å². The number of hydrogen-bond donors (Lipinski definition) is 2. The molecule has 0 aromatic heterocycles. The molecule has 0 aliphatic carbocycles. The van der Waals surface area contributed by atoms with Crippen LogP contribution in [-0.2, 0) is 0 Å². The van der Waals surface area contributed by atoms with Crippen molar-refractivity contribution in [3.8, 4) is 0 Å². The van der Waals surface area contributed by atoms with Gasteiger partial charge in [-0.25, -0.2) is 0 Å². The van der Waals surface area contributed by atoms with E-state index in [1.165, 1.54) is 0 Å². The molecule has 0 unspecified atom stereocenters. The zero-order valence-corrected chi connectivity index (χ0v) is 8.53. The highest BCUT2D eigenvalue weighted by molar-refractivity contribution is 7.99. The lowest BCUT2D eigenvalue weighted by Gasteiger charge is -2.20. The van der Waals surface area contributed by atoms with Gasteiger partial charge in [-0.05, 0) is 27.7 Å². The van der Waals surface area contributed by atoms with Gasteiger partial charge in [0.2, 0.25) is 0 Å². The molecule has 0 rings (SSSR count).